The molecule has 0 radical (unpaired) electrons. The van der Waals surface area contributed by atoms with Crippen molar-refractivity contribution in [3.63, 3.8) is 0 Å². The van der Waals surface area contributed by atoms with E-state index in [1.54, 1.807) is 12.1 Å². The van der Waals surface area contributed by atoms with Crippen LogP contribution in [-0.2, 0) is 4.79 Å². The van der Waals surface area contributed by atoms with E-state index >= 15 is 0 Å². The van der Waals surface area contributed by atoms with E-state index in [-0.39, 0.29) is 0 Å². The summed E-state index contributed by atoms with van der Waals surface area (Å²) >= 11 is 0. The fourth-order valence-corrected chi connectivity index (χ4v) is 2.65. The molecule has 9 heteroatoms. The lowest BCUT2D eigenvalue weighted by molar-refractivity contribution is -0.123. The topological polar surface area (TPSA) is 132 Å². The van der Waals surface area contributed by atoms with Crippen LogP contribution in [0.3, 0.4) is 0 Å². The summed E-state index contributed by atoms with van der Waals surface area (Å²) in [6, 6.07) is 13.0. The minimum absolute atomic E-state index is 0.464. The number of aliphatic hydroxyl groups is 1. The Balaban J connectivity index is 1.75. The Morgan fingerprint density at radius 1 is 1.15 bits per heavy atom. The second-order valence-electron chi connectivity index (χ2n) is 5.81. The molecule has 4 aromatic rings. The third-order valence-corrected chi connectivity index (χ3v) is 3.95. The van der Waals surface area contributed by atoms with Gasteiger partial charge in [-0.25, -0.2) is 0 Å². The van der Waals surface area contributed by atoms with Crippen LogP contribution in [0.4, 0.5) is 5.69 Å². The number of H-pyrrole nitrogens is 2. The first-order chi connectivity index (χ1) is 12.6. The number of nitrogens with zero attached hydrogens (tertiary/aromatic N) is 4. The molecule has 0 aliphatic rings. The Hall–Kier alpha value is -3.59. The molecular weight excluding hydrogens is 334 g/mol. The highest BCUT2D eigenvalue weighted by Gasteiger charge is 2.13. The van der Waals surface area contributed by atoms with Gasteiger partial charge in [-0.3, -0.25) is 9.89 Å². The molecule has 4 N–H and O–H groups in total. The fraction of sp³-hybridized carbons (Fsp3) is 0.118. The van der Waals surface area contributed by atoms with Gasteiger partial charge in [0.05, 0.1) is 11.2 Å². The number of rotatable bonds is 4. The molecule has 0 saturated carbocycles. The van der Waals surface area contributed by atoms with Crippen molar-refractivity contribution in [3.8, 4) is 22.6 Å². The number of hydrogen-bond donors (Lipinski definition) is 4. The first kappa shape index (κ1) is 15.9. The number of aromatic nitrogens is 6. The van der Waals surface area contributed by atoms with Crippen molar-refractivity contribution in [2.24, 2.45) is 0 Å². The van der Waals surface area contributed by atoms with Crippen molar-refractivity contribution in [1.29, 1.82) is 0 Å². The molecule has 0 spiro atoms. The molecule has 4 rings (SSSR count). The normalized spacial score (nSPS) is 12.2. The van der Waals surface area contributed by atoms with Crippen LogP contribution >= 0.6 is 0 Å². The number of aromatic amines is 2. The zero-order chi connectivity index (χ0) is 18.1. The van der Waals surface area contributed by atoms with Gasteiger partial charge in [0.2, 0.25) is 5.82 Å². The van der Waals surface area contributed by atoms with E-state index in [0.717, 1.165) is 27.7 Å². The van der Waals surface area contributed by atoms with Gasteiger partial charge < -0.3 is 10.4 Å². The predicted molar refractivity (Wildman–Crippen MR) is 95.0 cm³/mol. The lowest BCUT2D eigenvalue weighted by Crippen LogP contribution is -2.24. The van der Waals surface area contributed by atoms with Crippen molar-refractivity contribution < 1.29 is 9.90 Å². The molecule has 0 unspecified atom stereocenters. The second-order valence-corrected chi connectivity index (χ2v) is 5.81. The minimum atomic E-state index is -1.08. The van der Waals surface area contributed by atoms with Crippen molar-refractivity contribution in [2.45, 2.75) is 13.0 Å². The molecule has 0 bridgehead atoms. The lowest BCUT2D eigenvalue weighted by atomic mass is 10.0. The number of carbonyl (C=O) groups excluding carboxylic acids is 1. The summed E-state index contributed by atoms with van der Waals surface area (Å²) in [7, 11) is 0. The molecule has 0 fully saturated rings. The predicted octanol–water partition coefficient (Wildman–Crippen LogP) is 1.73. The Labute approximate surface area is 147 Å². The van der Waals surface area contributed by atoms with Crippen molar-refractivity contribution in [2.75, 3.05) is 5.32 Å². The number of anilines is 1. The SMILES string of the molecule is C[C@H](O)C(=O)Nc1cccc(-c2n[nH]c3ccc(-c4nn[nH]n4)cc23)c1. The van der Waals surface area contributed by atoms with Gasteiger partial charge in [-0.2, -0.15) is 10.3 Å². The summed E-state index contributed by atoms with van der Waals surface area (Å²) in [5.74, 6) is 0.0328. The van der Waals surface area contributed by atoms with Gasteiger partial charge in [0.1, 0.15) is 6.10 Å². The number of fused-ring (bicyclic) bond motifs is 1. The molecule has 0 aliphatic carbocycles. The van der Waals surface area contributed by atoms with Gasteiger partial charge in [0.15, 0.2) is 0 Å². The van der Waals surface area contributed by atoms with Gasteiger partial charge in [-0.05, 0) is 42.5 Å². The fourth-order valence-electron chi connectivity index (χ4n) is 2.65. The summed E-state index contributed by atoms with van der Waals surface area (Å²) in [6.07, 6.45) is -1.08. The summed E-state index contributed by atoms with van der Waals surface area (Å²) in [5.41, 5.74) is 3.82. The maximum Gasteiger partial charge on any atom is 0.252 e. The van der Waals surface area contributed by atoms with Crippen molar-refractivity contribution in [1.82, 2.24) is 30.8 Å². The maximum atomic E-state index is 11.7. The van der Waals surface area contributed by atoms with E-state index in [1.807, 2.05) is 30.3 Å². The first-order valence-corrected chi connectivity index (χ1v) is 7.93. The molecule has 26 heavy (non-hydrogen) atoms. The van der Waals surface area contributed by atoms with E-state index < -0.39 is 12.0 Å². The van der Waals surface area contributed by atoms with Crippen molar-refractivity contribution in [3.05, 3.63) is 42.5 Å². The molecule has 9 nitrogen and oxygen atoms in total. The van der Waals surface area contributed by atoms with Crippen LogP contribution in [0.2, 0.25) is 0 Å². The van der Waals surface area contributed by atoms with Crippen LogP contribution in [0.25, 0.3) is 33.5 Å². The Kier molecular flexibility index (Phi) is 3.90. The molecule has 130 valence electrons. The molecule has 0 aliphatic heterocycles. The Bertz CT molecular complexity index is 1070. The Morgan fingerprint density at radius 3 is 2.81 bits per heavy atom. The van der Waals surface area contributed by atoms with E-state index in [9.17, 15) is 9.90 Å². The number of amides is 1. The molecule has 1 atom stereocenters. The third kappa shape index (κ3) is 2.91. The third-order valence-electron chi connectivity index (χ3n) is 3.95. The van der Waals surface area contributed by atoms with Crippen LogP contribution in [0, 0.1) is 0 Å². The molecule has 0 saturated heterocycles. The molecule has 2 aromatic carbocycles. The van der Waals surface area contributed by atoms with Crippen LogP contribution < -0.4 is 5.32 Å². The Morgan fingerprint density at radius 2 is 2.04 bits per heavy atom. The zero-order valence-corrected chi connectivity index (χ0v) is 13.8. The molecule has 2 heterocycles. The van der Waals surface area contributed by atoms with Gasteiger partial charge in [-0.15, -0.1) is 10.2 Å². The number of aliphatic hydroxyl groups excluding tert-OH is 1. The number of carbonyl (C=O) groups is 1. The highest BCUT2D eigenvalue weighted by atomic mass is 16.3. The van der Waals surface area contributed by atoms with E-state index in [1.165, 1.54) is 6.92 Å². The van der Waals surface area contributed by atoms with E-state index in [0.29, 0.717) is 11.5 Å². The zero-order valence-electron chi connectivity index (χ0n) is 13.8. The average Bonchev–Trinajstić information content (AvgIpc) is 3.31. The average molecular weight is 349 g/mol. The van der Waals surface area contributed by atoms with E-state index in [4.69, 9.17) is 0 Å². The molecule has 1 amide bonds. The largest absolute Gasteiger partial charge is 0.384 e. The van der Waals surface area contributed by atoms with Gasteiger partial charge in [-0.1, -0.05) is 12.1 Å². The van der Waals surface area contributed by atoms with Crippen LogP contribution in [0.5, 0.6) is 0 Å². The highest BCUT2D eigenvalue weighted by Crippen LogP contribution is 2.30. The monoisotopic (exact) mass is 349 g/mol. The lowest BCUT2D eigenvalue weighted by Gasteiger charge is -2.08. The smallest absolute Gasteiger partial charge is 0.252 e. The van der Waals surface area contributed by atoms with Crippen LogP contribution in [0.15, 0.2) is 42.5 Å². The molecule has 2 aromatic heterocycles. The minimum Gasteiger partial charge on any atom is -0.384 e. The number of tetrazole rings is 1. The second kappa shape index (κ2) is 6.37. The summed E-state index contributed by atoms with van der Waals surface area (Å²) < 4.78 is 0. The van der Waals surface area contributed by atoms with Gasteiger partial charge in [0.25, 0.3) is 5.91 Å². The summed E-state index contributed by atoms with van der Waals surface area (Å²) in [4.78, 5) is 11.7. The van der Waals surface area contributed by atoms with Gasteiger partial charge >= 0.3 is 0 Å². The quantitative estimate of drug-likeness (QED) is 0.443. The van der Waals surface area contributed by atoms with E-state index in [2.05, 4.69) is 36.1 Å². The van der Waals surface area contributed by atoms with Crippen molar-refractivity contribution >= 4 is 22.5 Å². The van der Waals surface area contributed by atoms with Crippen LogP contribution in [0.1, 0.15) is 6.92 Å². The number of benzene rings is 2. The van der Waals surface area contributed by atoms with Gasteiger partial charge in [0, 0.05) is 22.2 Å². The maximum absolute atomic E-state index is 11.7. The summed E-state index contributed by atoms with van der Waals surface area (Å²) in [5, 5.41) is 34.3. The molecular formula is C17H15N7O2. The highest BCUT2D eigenvalue weighted by molar-refractivity contribution is 5.97. The van der Waals surface area contributed by atoms with Crippen LogP contribution in [-0.4, -0.2) is 47.9 Å². The number of nitrogens with one attached hydrogen (secondary N) is 3. The first-order valence-electron chi connectivity index (χ1n) is 7.93. The standard InChI is InChI=1S/C17H15N7O2/c1-9(25)17(26)18-12-4-2-3-10(7-12)15-13-8-11(16-21-23-24-22-16)5-6-14(13)19-20-15/h2-9,25H,1H3,(H,18,26)(H,19,20)(H,21,22,23,24)/t9-/m0/s1. The summed E-state index contributed by atoms with van der Waals surface area (Å²) in [6.45, 7) is 1.42. The number of hydrogen-bond acceptors (Lipinski definition) is 6.